The lowest BCUT2D eigenvalue weighted by molar-refractivity contribution is 0.579. The minimum atomic E-state index is -0.619. The van der Waals surface area contributed by atoms with Gasteiger partial charge in [-0.15, -0.1) is 0 Å². The van der Waals surface area contributed by atoms with Crippen molar-refractivity contribution in [1.82, 2.24) is 4.98 Å². The van der Waals surface area contributed by atoms with Crippen molar-refractivity contribution in [2.24, 2.45) is 0 Å². The van der Waals surface area contributed by atoms with E-state index < -0.39 is 11.6 Å². The molecule has 1 heterocycles. The fraction of sp³-hybridized carbons (Fsp3) is 0.154. The minimum absolute atomic E-state index is 0.120. The first kappa shape index (κ1) is 13.0. The summed E-state index contributed by atoms with van der Waals surface area (Å²) in [6, 6.07) is 5.82. The first-order chi connectivity index (χ1) is 8.58. The van der Waals surface area contributed by atoms with Crippen LogP contribution < -0.4 is 5.32 Å². The van der Waals surface area contributed by atoms with Crippen LogP contribution in [-0.4, -0.2) is 4.98 Å². The fourth-order valence-corrected chi connectivity index (χ4v) is 1.93. The van der Waals surface area contributed by atoms with Crippen LogP contribution in [0.3, 0.4) is 0 Å². The van der Waals surface area contributed by atoms with Gasteiger partial charge < -0.3 is 5.32 Å². The maximum Gasteiger partial charge on any atom is 0.149 e. The monoisotopic (exact) mass is 312 g/mol. The van der Waals surface area contributed by atoms with E-state index in [0.717, 1.165) is 11.6 Å². The number of aromatic nitrogens is 1. The Kier molecular flexibility index (Phi) is 3.91. The number of halogens is 3. The van der Waals surface area contributed by atoms with Crippen LogP contribution in [0.1, 0.15) is 18.5 Å². The maximum atomic E-state index is 13.6. The molecule has 5 heteroatoms. The molecular formula is C13H11BrF2N2. The molecule has 0 aliphatic rings. The molecule has 0 saturated carbocycles. The third kappa shape index (κ3) is 2.85. The highest BCUT2D eigenvalue weighted by atomic mass is 79.9. The molecule has 1 aromatic heterocycles. The minimum Gasteiger partial charge on any atom is -0.376 e. The third-order valence-corrected chi connectivity index (χ3v) is 3.17. The number of hydrogen-bond donors (Lipinski definition) is 1. The Hall–Kier alpha value is -1.49. The third-order valence-electron chi connectivity index (χ3n) is 2.57. The Balaban J connectivity index is 2.22. The van der Waals surface area contributed by atoms with Crippen LogP contribution in [0.5, 0.6) is 0 Å². The van der Waals surface area contributed by atoms with E-state index in [2.05, 4.69) is 26.2 Å². The summed E-state index contributed by atoms with van der Waals surface area (Å²) in [5, 5.41) is 2.98. The quantitative estimate of drug-likeness (QED) is 0.855. The summed E-state index contributed by atoms with van der Waals surface area (Å²) in [7, 11) is 0. The molecule has 2 nitrogen and oxygen atoms in total. The summed E-state index contributed by atoms with van der Waals surface area (Å²) < 4.78 is 26.9. The van der Waals surface area contributed by atoms with E-state index in [0.29, 0.717) is 0 Å². The number of nitrogens with zero attached hydrogens (tertiary/aromatic N) is 1. The summed E-state index contributed by atoms with van der Waals surface area (Å²) in [5.41, 5.74) is 1.18. The van der Waals surface area contributed by atoms with Crippen molar-refractivity contribution in [3.05, 3.63) is 58.3 Å². The van der Waals surface area contributed by atoms with E-state index in [1.807, 2.05) is 19.1 Å². The lowest BCUT2D eigenvalue weighted by Crippen LogP contribution is -2.08. The molecule has 2 aromatic rings. The fourth-order valence-electron chi connectivity index (χ4n) is 1.58. The van der Waals surface area contributed by atoms with Crippen molar-refractivity contribution in [3.63, 3.8) is 0 Å². The maximum absolute atomic E-state index is 13.6. The van der Waals surface area contributed by atoms with Crippen molar-refractivity contribution in [2.75, 3.05) is 5.32 Å². The Morgan fingerprint density at radius 1 is 1.28 bits per heavy atom. The van der Waals surface area contributed by atoms with Crippen LogP contribution in [0, 0.1) is 11.6 Å². The van der Waals surface area contributed by atoms with Gasteiger partial charge >= 0.3 is 0 Å². The Bertz CT molecular complexity index is 546. The van der Waals surface area contributed by atoms with Crippen molar-refractivity contribution < 1.29 is 8.78 Å². The number of benzene rings is 1. The molecule has 0 aliphatic carbocycles. The topological polar surface area (TPSA) is 24.9 Å². The molecule has 0 spiro atoms. The van der Waals surface area contributed by atoms with Crippen molar-refractivity contribution in [1.29, 1.82) is 0 Å². The molecule has 2 rings (SSSR count). The number of nitrogens with one attached hydrogen (secondary N) is 1. The zero-order valence-corrected chi connectivity index (χ0v) is 11.2. The van der Waals surface area contributed by atoms with Crippen LogP contribution in [0.15, 0.2) is 41.1 Å². The molecule has 1 unspecified atom stereocenters. The molecule has 0 aliphatic heterocycles. The molecule has 18 heavy (non-hydrogen) atoms. The summed E-state index contributed by atoms with van der Waals surface area (Å²) in [6.07, 6.45) is 3.37. The average molecular weight is 313 g/mol. The van der Waals surface area contributed by atoms with Gasteiger partial charge in [-0.2, -0.15) is 0 Å². The van der Waals surface area contributed by atoms with Crippen molar-refractivity contribution in [3.8, 4) is 0 Å². The summed E-state index contributed by atoms with van der Waals surface area (Å²) in [6.45, 7) is 1.88. The second-order valence-corrected chi connectivity index (χ2v) is 4.75. The van der Waals surface area contributed by atoms with Crippen LogP contribution in [0.2, 0.25) is 0 Å². The predicted molar refractivity (Wildman–Crippen MR) is 70.3 cm³/mol. The van der Waals surface area contributed by atoms with E-state index in [4.69, 9.17) is 0 Å². The highest BCUT2D eigenvalue weighted by molar-refractivity contribution is 9.10. The van der Waals surface area contributed by atoms with Gasteiger partial charge in [0.2, 0.25) is 0 Å². The van der Waals surface area contributed by atoms with E-state index in [-0.39, 0.29) is 16.2 Å². The van der Waals surface area contributed by atoms with Gasteiger partial charge in [0, 0.05) is 18.5 Å². The second-order valence-electron chi connectivity index (χ2n) is 3.90. The summed E-state index contributed by atoms with van der Waals surface area (Å²) >= 11 is 3.03. The molecule has 0 amide bonds. The molecule has 0 saturated heterocycles. The van der Waals surface area contributed by atoms with E-state index in [9.17, 15) is 8.78 Å². The van der Waals surface area contributed by atoms with E-state index in [1.54, 1.807) is 12.4 Å². The van der Waals surface area contributed by atoms with Gasteiger partial charge in [-0.05, 0) is 40.5 Å². The molecule has 0 fully saturated rings. The average Bonchev–Trinajstić information content (AvgIpc) is 2.37. The number of anilines is 1. The highest BCUT2D eigenvalue weighted by Crippen LogP contribution is 2.26. The highest BCUT2D eigenvalue weighted by Gasteiger charge is 2.11. The lowest BCUT2D eigenvalue weighted by atomic mass is 10.1. The van der Waals surface area contributed by atoms with E-state index in [1.165, 1.54) is 6.07 Å². The van der Waals surface area contributed by atoms with E-state index >= 15 is 0 Å². The standard InChI is InChI=1S/C13H11BrF2N2/c1-8(9-3-2-4-17-7-9)18-13-5-10(14)11(15)6-12(13)16/h2-8,18H,1H3. The van der Waals surface area contributed by atoms with Crippen LogP contribution >= 0.6 is 15.9 Å². The Morgan fingerprint density at radius 2 is 2.06 bits per heavy atom. The van der Waals surface area contributed by atoms with Crippen LogP contribution in [0.4, 0.5) is 14.5 Å². The summed E-state index contributed by atoms with van der Waals surface area (Å²) in [5.74, 6) is -1.24. The first-order valence-electron chi connectivity index (χ1n) is 5.39. The molecule has 1 N–H and O–H groups in total. The zero-order valence-electron chi connectivity index (χ0n) is 9.62. The molecule has 1 atom stereocenters. The smallest absolute Gasteiger partial charge is 0.149 e. The SMILES string of the molecule is CC(Nc1cc(Br)c(F)cc1F)c1cccnc1. The van der Waals surface area contributed by atoms with Crippen LogP contribution in [0.25, 0.3) is 0 Å². The lowest BCUT2D eigenvalue weighted by Gasteiger charge is -2.16. The largest absolute Gasteiger partial charge is 0.376 e. The second kappa shape index (κ2) is 5.44. The molecular weight excluding hydrogens is 302 g/mol. The van der Waals surface area contributed by atoms with Gasteiger partial charge in [0.05, 0.1) is 16.2 Å². The number of hydrogen-bond acceptors (Lipinski definition) is 2. The van der Waals surface area contributed by atoms with Crippen molar-refractivity contribution in [2.45, 2.75) is 13.0 Å². The van der Waals surface area contributed by atoms with Gasteiger partial charge in [0.1, 0.15) is 11.6 Å². The number of rotatable bonds is 3. The summed E-state index contributed by atoms with van der Waals surface area (Å²) in [4.78, 5) is 4.00. The number of pyridine rings is 1. The zero-order chi connectivity index (χ0) is 13.1. The normalized spacial score (nSPS) is 12.2. The Morgan fingerprint density at radius 3 is 2.72 bits per heavy atom. The molecule has 1 aromatic carbocycles. The van der Waals surface area contributed by atoms with Gasteiger partial charge in [0.25, 0.3) is 0 Å². The van der Waals surface area contributed by atoms with Gasteiger partial charge in [-0.1, -0.05) is 6.07 Å². The van der Waals surface area contributed by atoms with Gasteiger partial charge in [-0.25, -0.2) is 8.78 Å². The van der Waals surface area contributed by atoms with Crippen LogP contribution in [-0.2, 0) is 0 Å². The van der Waals surface area contributed by atoms with Gasteiger partial charge in [0.15, 0.2) is 0 Å². The first-order valence-corrected chi connectivity index (χ1v) is 6.18. The molecule has 0 bridgehead atoms. The van der Waals surface area contributed by atoms with Crippen molar-refractivity contribution >= 4 is 21.6 Å². The molecule has 0 radical (unpaired) electrons. The molecule has 94 valence electrons. The predicted octanol–water partition coefficient (Wildman–Crippen LogP) is 4.30. The Labute approximate surface area is 112 Å². The van der Waals surface area contributed by atoms with Gasteiger partial charge in [-0.3, -0.25) is 4.98 Å².